The molecule has 0 aromatic carbocycles. The minimum atomic E-state index is -4.00. The van der Waals surface area contributed by atoms with Crippen LogP contribution < -0.4 is 4.72 Å². The first kappa shape index (κ1) is 16.7. The second kappa shape index (κ2) is 6.41. The summed E-state index contributed by atoms with van der Waals surface area (Å²) in [5.74, 6) is -1.19. The zero-order valence-electron chi connectivity index (χ0n) is 10.2. The van der Waals surface area contributed by atoms with Crippen LogP contribution in [0.3, 0.4) is 0 Å². The summed E-state index contributed by atoms with van der Waals surface area (Å²) in [6, 6.07) is 0.00489. The van der Waals surface area contributed by atoms with E-state index < -0.39 is 22.0 Å². The van der Waals surface area contributed by atoms with Gasteiger partial charge in [0.25, 0.3) is 0 Å². The van der Waals surface area contributed by atoms with E-state index in [1.165, 1.54) is 6.07 Å². The van der Waals surface area contributed by atoms with Gasteiger partial charge in [-0.1, -0.05) is 37.0 Å². The van der Waals surface area contributed by atoms with Gasteiger partial charge < -0.3 is 5.11 Å². The lowest BCUT2D eigenvalue weighted by molar-refractivity contribution is -0.139. The molecular weight excluding hydrogens is 333 g/mol. The Hall–Kier alpha value is -0.340. The third-order valence-electron chi connectivity index (χ3n) is 2.22. The van der Waals surface area contributed by atoms with Crippen LogP contribution in [0.25, 0.3) is 0 Å². The molecule has 0 fully saturated rings. The van der Waals surface area contributed by atoms with Crippen LogP contribution in [0.15, 0.2) is 11.0 Å². The van der Waals surface area contributed by atoms with Crippen molar-refractivity contribution in [2.24, 2.45) is 5.92 Å². The highest BCUT2D eigenvalue weighted by Gasteiger charge is 2.28. The standard InChI is InChI=1S/C10H13Cl2NO4S2/c1-5(2)3-6(10(14)15)13-19(16,17)7-4-8(11)18-9(7)12/h4-6,13H,3H2,1-2H3,(H,14,15)/t6-/m1/s1. The van der Waals surface area contributed by atoms with Crippen LogP contribution in [-0.4, -0.2) is 25.5 Å². The molecule has 1 atom stereocenters. The van der Waals surface area contributed by atoms with Crippen molar-refractivity contribution < 1.29 is 18.3 Å². The van der Waals surface area contributed by atoms with Gasteiger partial charge in [0, 0.05) is 0 Å². The fourth-order valence-corrected chi connectivity index (χ4v) is 4.78. The SMILES string of the molecule is CC(C)C[C@@H](NS(=O)(=O)c1cc(Cl)sc1Cl)C(=O)O. The van der Waals surface area contributed by atoms with Crippen LogP contribution >= 0.6 is 34.5 Å². The summed E-state index contributed by atoms with van der Waals surface area (Å²) in [6.07, 6.45) is 0.185. The summed E-state index contributed by atoms with van der Waals surface area (Å²) in [5, 5.41) is 9.02. The third kappa shape index (κ3) is 4.61. The zero-order valence-corrected chi connectivity index (χ0v) is 13.3. The Labute approximate surface area is 125 Å². The Morgan fingerprint density at radius 3 is 2.42 bits per heavy atom. The monoisotopic (exact) mass is 345 g/mol. The highest BCUT2D eigenvalue weighted by molar-refractivity contribution is 7.89. The summed E-state index contributed by atoms with van der Waals surface area (Å²) in [5.41, 5.74) is 0. The smallest absolute Gasteiger partial charge is 0.321 e. The Morgan fingerprint density at radius 2 is 2.05 bits per heavy atom. The number of aliphatic carboxylic acids is 1. The fraction of sp³-hybridized carbons (Fsp3) is 0.500. The van der Waals surface area contributed by atoms with E-state index in [1.54, 1.807) is 13.8 Å². The molecule has 0 radical (unpaired) electrons. The molecule has 0 saturated heterocycles. The highest BCUT2D eigenvalue weighted by Crippen LogP contribution is 2.34. The fourth-order valence-electron chi connectivity index (χ4n) is 1.43. The maximum atomic E-state index is 12.1. The zero-order chi connectivity index (χ0) is 14.8. The first-order valence-corrected chi connectivity index (χ1v) is 8.39. The number of carboxylic acid groups (broad SMARTS) is 1. The van der Waals surface area contributed by atoms with Crippen LogP contribution in [0.2, 0.25) is 8.67 Å². The number of halogens is 2. The van der Waals surface area contributed by atoms with Gasteiger partial charge in [0.2, 0.25) is 10.0 Å². The van der Waals surface area contributed by atoms with E-state index in [9.17, 15) is 13.2 Å². The molecule has 1 heterocycles. The molecule has 108 valence electrons. The lowest BCUT2D eigenvalue weighted by atomic mass is 10.1. The van der Waals surface area contributed by atoms with Gasteiger partial charge >= 0.3 is 5.97 Å². The molecule has 5 nitrogen and oxygen atoms in total. The van der Waals surface area contributed by atoms with Crippen LogP contribution in [0.5, 0.6) is 0 Å². The first-order valence-electron chi connectivity index (χ1n) is 5.33. The summed E-state index contributed by atoms with van der Waals surface area (Å²) < 4.78 is 26.5. The highest BCUT2D eigenvalue weighted by atomic mass is 35.5. The lowest BCUT2D eigenvalue weighted by Gasteiger charge is -2.16. The molecule has 0 spiro atoms. The molecule has 2 N–H and O–H groups in total. The molecule has 1 aromatic heterocycles. The van der Waals surface area contributed by atoms with Crippen molar-refractivity contribution in [3.63, 3.8) is 0 Å². The number of carboxylic acids is 1. The van der Waals surface area contributed by atoms with Crippen LogP contribution in [0.1, 0.15) is 20.3 Å². The summed E-state index contributed by atoms with van der Waals surface area (Å²) >= 11 is 12.4. The summed E-state index contributed by atoms with van der Waals surface area (Å²) in [7, 11) is -4.00. The quantitative estimate of drug-likeness (QED) is 0.830. The van der Waals surface area contributed by atoms with E-state index in [1.807, 2.05) is 0 Å². The van der Waals surface area contributed by atoms with Gasteiger partial charge in [0.05, 0.1) is 4.34 Å². The van der Waals surface area contributed by atoms with Crippen molar-refractivity contribution in [1.29, 1.82) is 0 Å². The van der Waals surface area contributed by atoms with Gasteiger partial charge in [-0.2, -0.15) is 4.72 Å². The van der Waals surface area contributed by atoms with Gasteiger partial charge in [-0.15, -0.1) is 11.3 Å². The summed E-state index contributed by atoms with van der Waals surface area (Å²) in [4.78, 5) is 10.9. The molecule has 0 aliphatic carbocycles. The van der Waals surface area contributed by atoms with E-state index in [-0.39, 0.29) is 25.9 Å². The average molecular weight is 346 g/mol. The van der Waals surface area contributed by atoms with Crippen molar-refractivity contribution in [3.05, 3.63) is 14.7 Å². The normalized spacial score (nSPS) is 13.7. The molecular formula is C10H13Cl2NO4S2. The number of hydrogen-bond donors (Lipinski definition) is 2. The van der Waals surface area contributed by atoms with Crippen molar-refractivity contribution in [3.8, 4) is 0 Å². The van der Waals surface area contributed by atoms with E-state index in [0.717, 1.165) is 11.3 Å². The topological polar surface area (TPSA) is 83.5 Å². The predicted octanol–water partition coefficient (Wildman–Crippen LogP) is 2.83. The van der Waals surface area contributed by atoms with Crippen LogP contribution in [0, 0.1) is 5.92 Å². The third-order valence-corrected chi connectivity index (χ3v) is 5.44. The number of rotatable bonds is 6. The van der Waals surface area contributed by atoms with Gasteiger partial charge in [0.1, 0.15) is 15.3 Å². The summed E-state index contributed by atoms with van der Waals surface area (Å²) in [6.45, 7) is 3.61. The molecule has 0 unspecified atom stereocenters. The van der Waals surface area contributed by atoms with Gasteiger partial charge in [-0.25, -0.2) is 8.42 Å². The number of nitrogens with one attached hydrogen (secondary N) is 1. The first-order chi connectivity index (χ1) is 8.63. The second-order valence-electron chi connectivity index (χ2n) is 4.33. The van der Waals surface area contributed by atoms with Crippen LogP contribution in [0.4, 0.5) is 0 Å². The van der Waals surface area contributed by atoms with E-state index in [2.05, 4.69) is 4.72 Å². The van der Waals surface area contributed by atoms with Crippen molar-refractivity contribution >= 4 is 50.5 Å². The molecule has 0 saturated carbocycles. The Morgan fingerprint density at radius 1 is 1.47 bits per heavy atom. The number of hydrogen-bond acceptors (Lipinski definition) is 4. The maximum absolute atomic E-state index is 12.1. The Balaban J connectivity index is 3.01. The molecule has 1 aromatic rings. The molecule has 19 heavy (non-hydrogen) atoms. The molecule has 9 heteroatoms. The molecule has 0 bridgehead atoms. The van der Waals surface area contributed by atoms with E-state index in [4.69, 9.17) is 28.3 Å². The van der Waals surface area contributed by atoms with Gasteiger partial charge in [0.15, 0.2) is 0 Å². The largest absolute Gasteiger partial charge is 0.480 e. The van der Waals surface area contributed by atoms with Crippen LogP contribution in [-0.2, 0) is 14.8 Å². The van der Waals surface area contributed by atoms with E-state index >= 15 is 0 Å². The maximum Gasteiger partial charge on any atom is 0.321 e. The number of carbonyl (C=O) groups is 1. The Kier molecular flexibility index (Phi) is 5.64. The molecule has 0 aliphatic rings. The van der Waals surface area contributed by atoms with E-state index in [0.29, 0.717) is 0 Å². The van der Waals surface area contributed by atoms with Crippen molar-refractivity contribution in [2.45, 2.75) is 31.2 Å². The number of sulfonamides is 1. The Bertz CT molecular complexity index is 568. The minimum absolute atomic E-state index is 0.00573. The molecule has 0 aliphatic heterocycles. The molecule has 0 amide bonds. The van der Waals surface area contributed by atoms with Crippen molar-refractivity contribution in [1.82, 2.24) is 4.72 Å². The average Bonchev–Trinajstić information content (AvgIpc) is 2.56. The second-order valence-corrected chi connectivity index (χ2v) is 8.30. The van der Waals surface area contributed by atoms with Gasteiger partial charge in [-0.05, 0) is 18.4 Å². The number of thiophene rings is 1. The lowest BCUT2D eigenvalue weighted by Crippen LogP contribution is -2.41. The minimum Gasteiger partial charge on any atom is -0.480 e. The predicted molar refractivity (Wildman–Crippen MR) is 75.5 cm³/mol. The molecule has 1 rings (SSSR count). The van der Waals surface area contributed by atoms with Gasteiger partial charge in [-0.3, -0.25) is 4.79 Å². The van der Waals surface area contributed by atoms with Crippen molar-refractivity contribution in [2.75, 3.05) is 0 Å².